The minimum Gasteiger partial charge on any atom is -0.317 e. The summed E-state index contributed by atoms with van der Waals surface area (Å²) < 4.78 is 0. The van der Waals surface area contributed by atoms with Crippen LogP contribution in [-0.4, -0.2) is 13.1 Å². The van der Waals surface area contributed by atoms with E-state index in [0.717, 1.165) is 5.92 Å². The topological polar surface area (TPSA) is 12.0 Å². The van der Waals surface area contributed by atoms with E-state index in [-0.39, 0.29) is 0 Å². The van der Waals surface area contributed by atoms with Crippen LogP contribution in [0.1, 0.15) is 36.9 Å². The molecule has 1 N–H and O–H groups in total. The number of nitrogens with one attached hydrogen (secondary N) is 1. The molecule has 0 bridgehead atoms. The van der Waals surface area contributed by atoms with Gasteiger partial charge in [-0.2, -0.15) is 0 Å². The quantitative estimate of drug-likeness (QED) is 0.781. The highest BCUT2D eigenvalue weighted by atomic mass is 32.1. The van der Waals surface area contributed by atoms with Gasteiger partial charge in [0.2, 0.25) is 0 Å². The van der Waals surface area contributed by atoms with Crippen LogP contribution in [0.3, 0.4) is 0 Å². The Kier molecular flexibility index (Phi) is 5.34. The van der Waals surface area contributed by atoms with Gasteiger partial charge in [0.05, 0.1) is 0 Å². The van der Waals surface area contributed by atoms with Crippen LogP contribution in [0.2, 0.25) is 0 Å². The number of hydrogen-bond acceptors (Lipinski definition) is 2. The molecule has 1 aromatic rings. The molecule has 0 saturated carbocycles. The van der Waals surface area contributed by atoms with Gasteiger partial charge in [0, 0.05) is 15.8 Å². The maximum absolute atomic E-state index is 3.40. The van der Waals surface area contributed by atoms with Crippen molar-refractivity contribution in [3.63, 3.8) is 0 Å². The molecule has 1 unspecified atom stereocenters. The Morgan fingerprint density at radius 2 is 1.93 bits per heavy atom. The van der Waals surface area contributed by atoms with Crippen molar-refractivity contribution in [3.05, 3.63) is 21.9 Å². The van der Waals surface area contributed by atoms with E-state index in [0.29, 0.717) is 6.04 Å². The van der Waals surface area contributed by atoms with E-state index in [2.05, 4.69) is 45.3 Å². The zero-order valence-electron chi connectivity index (χ0n) is 10.3. The molecule has 86 valence electrons. The monoisotopic (exact) mass is 225 g/mol. The van der Waals surface area contributed by atoms with Crippen LogP contribution in [0.5, 0.6) is 0 Å². The second-order valence-corrected chi connectivity index (χ2v) is 5.65. The van der Waals surface area contributed by atoms with Crippen molar-refractivity contribution in [1.82, 2.24) is 5.32 Å². The fourth-order valence-electron chi connectivity index (χ4n) is 1.86. The fourth-order valence-corrected chi connectivity index (χ4v) is 2.83. The largest absolute Gasteiger partial charge is 0.317 e. The van der Waals surface area contributed by atoms with Gasteiger partial charge in [-0.05, 0) is 44.4 Å². The van der Waals surface area contributed by atoms with E-state index in [1.807, 2.05) is 11.3 Å². The summed E-state index contributed by atoms with van der Waals surface area (Å²) in [5.41, 5.74) is 0. The summed E-state index contributed by atoms with van der Waals surface area (Å²) in [5, 5.41) is 3.40. The second-order valence-electron chi connectivity index (χ2n) is 4.40. The third-order valence-corrected chi connectivity index (χ3v) is 4.23. The predicted octanol–water partition coefficient (Wildman–Crippen LogP) is 3.49. The standard InChI is InChI=1S/C13H23NS/c1-5-11-6-7-12(15-11)8-9-13(14-4)10(2)3/h6-7,10,13-14H,5,8-9H2,1-4H3. The number of rotatable bonds is 6. The van der Waals surface area contributed by atoms with Crippen LogP contribution >= 0.6 is 11.3 Å². The fraction of sp³-hybridized carbons (Fsp3) is 0.692. The predicted molar refractivity (Wildman–Crippen MR) is 69.7 cm³/mol. The van der Waals surface area contributed by atoms with Gasteiger partial charge in [0.25, 0.3) is 0 Å². The van der Waals surface area contributed by atoms with Crippen LogP contribution in [0.15, 0.2) is 12.1 Å². The Labute approximate surface area is 97.9 Å². The highest BCUT2D eigenvalue weighted by molar-refractivity contribution is 7.11. The zero-order valence-corrected chi connectivity index (χ0v) is 11.2. The Morgan fingerprint density at radius 1 is 1.27 bits per heavy atom. The van der Waals surface area contributed by atoms with Gasteiger partial charge in [-0.25, -0.2) is 0 Å². The lowest BCUT2D eigenvalue weighted by Crippen LogP contribution is -2.30. The highest BCUT2D eigenvalue weighted by Gasteiger charge is 2.10. The molecule has 1 heterocycles. The molecule has 0 saturated heterocycles. The molecule has 0 amide bonds. The molecule has 1 atom stereocenters. The lowest BCUT2D eigenvalue weighted by atomic mass is 9.99. The Morgan fingerprint density at radius 3 is 2.40 bits per heavy atom. The van der Waals surface area contributed by atoms with Crippen molar-refractivity contribution in [2.45, 2.75) is 46.1 Å². The zero-order chi connectivity index (χ0) is 11.3. The van der Waals surface area contributed by atoms with Gasteiger partial charge >= 0.3 is 0 Å². The molecule has 0 radical (unpaired) electrons. The van der Waals surface area contributed by atoms with Crippen molar-refractivity contribution < 1.29 is 0 Å². The van der Waals surface area contributed by atoms with Crippen LogP contribution in [0.4, 0.5) is 0 Å². The van der Waals surface area contributed by atoms with Crippen LogP contribution in [0, 0.1) is 5.92 Å². The van der Waals surface area contributed by atoms with Gasteiger partial charge in [-0.15, -0.1) is 11.3 Å². The van der Waals surface area contributed by atoms with Crippen LogP contribution in [0.25, 0.3) is 0 Å². The molecule has 1 nitrogen and oxygen atoms in total. The van der Waals surface area contributed by atoms with Crippen molar-refractivity contribution in [2.24, 2.45) is 5.92 Å². The first-order valence-electron chi connectivity index (χ1n) is 5.92. The molecule has 0 spiro atoms. The van der Waals surface area contributed by atoms with Crippen molar-refractivity contribution >= 4 is 11.3 Å². The van der Waals surface area contributed by atoms with Gasteiger partial charge in [0.15, 0.2) is 0 Å². The molecule has 0 aliphatic rings. The lowest BCUT2D eigenvalue weighted by molar-refractivity contribution is 0.404. The minimum absolute atomic E-state index is 0.650. The van der Waals surface area contributed by atoms with Crippen LogP contribution < -0.4 is 5.32 Å². The summed E-state index contributed by atoms with van der Waals surface area (Å²) in [6, 6.07) is 5.21. The molecule has 0 aromatic carbocycles. The number of thiophene rings is 1. The van der Waals surface area contributed by atoms with Gasteiger partial charge in [0.1, 0.15) is 0 Å². The summed E-state index contributed by atoms with van der Waals surface area (Å²) >= 11 is 1.97. The SMILES string of the molecule is CCc1ccc(CCC(NC)C(C)C)s1. The third kappa shape index (κ3) is 3.96. The lowest BCUT2D eigenvalue weighted by Gasteiger charge is -2.19. The molecule has 0 aliphatic carbocycles. The summed E-state index contributed by atoms with van der Waals surface area (Å²) in [6.07, 6.45) is 3.64. The normalized spacial score (nSPS) is 13.4. The number of hydrogen-bond donors (Lipinski definition) is 1. The molecule has 1 aromatic heterocycles. The van der Waals surface area contributed by atoms with Crippen molar-refractivity contribution in [2.75, 3.05) is 7.05 Å². The molecular weight excluding hydrogens is 202 g/mol. The molecule has 15 heavy (non-hydrogen) atoms. The average Bonchev–Trinajstić information content (AvgIpc) is 2.66. The molecule has 0 aliphatic heterocycles. The Bertz CT molecular complexity index is 278. The Hall–Kier alpha value is -0.340. The minimum atomic E-state index is 0.650. The maximum atomic E-state index is 3.40. The molecule has 2 heteroatoms. The van der Waals surface area contributed by atoms with Gasteiger partial charge in [-0.1, -0.05) is 20.8 Å². The smallest absolute Gasteiger partial charge is 0.00905 e. The first-order valence-corrected chi connectivity index (χ1v) is 6.73. The van der Waals surface area contributed by atoms with Crippen LogP contribution in [-0.2, 0) is 12.8 Å². The van der Waals surface area contributed by atoms with E-state index in [1.165, 1.54) is 29.0 Å². The van der Waals surface area contributed by atoms with E-state index < -0.39 is 0 Å². The average molecular weight is 225 g/mol. The van der Waals surface area contributed by atoms with Gasteiger partial charge < -0.3 is 5.32 Å². The maximum Gasteiger partial charge on any atom is 0.00905 e. The van der Waals surface area contributed by atoms with E-state index in [9.17, 15) is 0 Å². The summed E-state index contributed by atoms with van der Waals surface area (Å²) in [4.78, 5) is 3.04. The highest BCUT2D eigenvalue weighted by Crippen LogP contribution is 2.20. The number of aryl methyl sites for hydroxylation is 2. The third-order valence-electron chi connectivity index (χ3n) is 2.94. The summed E-state index contributed by atoms with van der Waals surface area (Å²) in [6.45, 7) is 6.79. The second kappa shape index (κ2) is 6.29. The molecule has 0 fully saturated rings. The van der Waals surface area contributed by atoms with E-state index in [1.54, 1.807) is 0 Å². The summed E-state index contributed by atoms with van der Waals surface area (Å²) in [7, 11) is 2.07. The first kappa shape index (κ1) is 12.7. The first-order chi connectivity index (χ1) is 7.17. The van der Waals surface area contributed by atoms with Crippen molar-refractivity contribution in [3.8, 4) is 0 Å². The molecular formula is C13H23NS. The van der Waals surface area contributed by atoms with Gasteiger partial charge in [-0.3, -0.25) is 0 Å². The molecule has 1 rings (SSSR count). The Balaban J connectivity index is 2.41. The van der Waals surface area contributed by atoms with Crippen molar-refractivity contribution in [1.29, 1.82) is 0 Å². The summed E-state index contributed by atoms with van der Waals surface area (Å²) in [5.74, 6) is 0.723. The van der Waals surface area contributed by atoms with E-state index >= 15 is 0 Å². The van der Waals surface area contributed by atoms with E-state index in [4.69, 9.17) is 0 Å².